The van der Waals surface area contributed by atoms with Crippen LogP contribution in [0.5, 0.6) is 5.75 Å². The molecular weight excluding hydrogens is 224 g/mol. The topological polar surface area (TPSA) is 29.5 Å². The summed E-state index contributed by atoms with van der Waals surface area (Å²) in [5.41, 5.74) is 0.894. The summed E-state index contributed by atoms with van der Waals surface area (Å²) in [5.74, 6) is 7.28. The van der Waals surface area contributed by atoms with Crippen LogP contribution in [0.25, 0.3) is 0 Å². The smallest absolute Gasteiger partial charge is 0.120 e. The van der Waals surface area contributed by atoms with Gasteiger partial charge in [-0.15, -0.1) is 0 Å². The van der Waals surface area contributed by atoms with Gasteiger partial charge in [0.2, 0.25) is 0 Å². The van der Waals surface area contributed by atoms with Gasteiger partial charge in [0.1, 0.15) is 12.4 Å². The molecule has 0 atom stereocenters. The van der Waals surface area contributed by atoms with Crippen LogP contribution in [0.15, 0.2) is 24.3 Å². The van der Waals surface area contributed by atoms with E-state index in [0.717, 1.165) is 30.1 Å². The van der Waals surface area contributed by atoms with Crippen molar-refractivity contribution in [3.63, 3.8) is 0 Å². The monoisotopic (exact) mass is 244 g/mol. The minimum absolute atomic E-state index is 0.106. The van der Waals surface area contributed by atoms with Crippen molar-refractivity contribution in [1.82, 2.24) is 0 Å². The number of aliphatic hydroxyl groups is 1. The number of benzene rings is 1. The molecule has 1 aromatic rings. The lowest BCUT2D eigenvalue weighted by Gasteiger charge is -2.26. The molecule has 1 aromatic carbocycles. The summed E-state index contributed by atoms with van der Waals surface area (Å²) in [6.07, 6.45) is 5.16. The highest BCUT2D eigenvalue weighted by Gasteiger charge is 2.19. The van der Waals surface area contributed by atoms with Gasteiger partial charge in [0.25, 0.3) is 0 Å². The molecule has 0 unspecified atom stereocenters. The summed E-state index contributed by atoms with van der Waals surface area (Å²) in [7, 11) is 0. The van der Waals surface area contributed by atoms with Crippen LogP contribution in [0.1, 0.15) is 38.2 Å². The predicted octanol–water partition coefficient (Wildman–Crippen LogP) is 2.99. The zero-order valence-electron chi connectivity index (χ0n) is 10.9. The summed E-state index contributed by atoms with van der Waals surface area (Å²) in [6, 6.07) is 7.80. The van der Waals surface area contributed by atoms with Gasteiger partial charge in [-0.1, -0.05) is 24.8 Å². The molecule has 18 heavy (non-hydrogen) atoms. The van der Waals surface area contributed by atoms with Gasteiger partial charge >= 0.3 is 0 Å². The summed E-state index contributed by atoms with van der Waals surface area (Å²) in [5, 5.41) is 8.68. The fourth-order valence-electron chi connectivity index (χ4n) is 2.33. The second kappa shape index (κ2) is 6.47. The number of hydrogen-bond acceptors (Lipinski definition) is 2. The highest BCUT2D eigenvalue weighted by molar-refractivity contribution is 5.39. The molecule has 0 radical (unpaired) electrons. The number of rotatable bonds is 2. The third-order valence-electron chi connectivity index (χ3n) is 3.41. The summed E-state index contributed by atoms with van der Waals surface area (Å²) >= 11 is 0. The average molecular weight is 244 g/mol. The van der Waals surface area contributed by atoms with Crippen LogP contribution in [0.2, 0.25) is 0 Å². The van der Waals surface area contributed by atoms with Crippen molar-refractivity contribution in [2.75, 3.05) is 6.61 Å². The maximum Gasteiger partial charge on any atom is 0.120 e. The van der Waals surface area contributed by atoms with Gasteiger partial charge in [-0.25, -0.2) is 0 Å². The highest BCUT2D eigenvalue weighted by Crippen LogP contribution is 2.27. The Hall–Kier alpha value is -1.46. The first-order valence-electron chi connectivity index (χ1n) is 6.64. The number of ether oxygens (including phenoxy) is 1. The maximum atomic E-state index is 8.68. The van der Waals surface area contributed by atoms with Crippen molar-refractivity contribution in [3.8, 4) is 17.6 Å². The molecule has 0 heterocycles. The van der Waals surface area contributed by atoms with Gasteiger partial charge in [0.15, 0.2) is 0 Å². The van der Waals surface area contributed by atoms with Crippen LogP contribution in [0, 0.1) is 17.8 Å². The highest BCUT2D eigenvalue weighted by atomic mass is 16.5. The van der Waals surface area contributed by atoms with Crippen LogP contribution in [-0.4, -0.2) is 17.8 Å². The Kier molecular flexibility index (Phi) is 4.66. The molecule has 1 fully saturated rings. The molecule has 0 spiro atoms. The van der Waals surface area contributed by atoms with E-state index in [4.69, 9.17) is 9.84 Å². The maximum absolute atomic E-state index is 8.68. The largest absolute Gasteiger partial charge is 0.490 e. The molecule has 1 N–H and O–H groups in total. The molecule has 96 valence electrons. The Labute approximate surface area is 109 Å². The van der Waals surface area contributed by atoms with E-state index >= 15 is 0 Å². The normalized spacial score (nSPS) is 23.0. The lowest BCUT2D eigenvalue weighted by atomic mass is 9.89. The second-order valence-corrected chi connectivity index (χ2v) is 4.99. The number of hydrogen-bond donors (Lipinski definition) is 1. The minimum atomic E-state index is -0.106. The molecule has 1 saturated carbocycles. The molecule has 2 heteroatoms. The van der Waals surface area contributed by atoms with E-state index in [1.165, 1.54) is 12.8 Å². The van der Waals surface area contributed by atoms with Crippen LogP contribution >= 0.6 is 0 Å². The fourth-order valence-corrected chi connectivity index (χ4v) is 2.33. The lowest BCUT2D eigenvalue weighted by molar-refractivity contribution is 0.135. The van der Waals surface area contributed by atoms with E-state index in [9.17, 15) is 0 Å². The molecule has 0 saturated heterocycles. The molecular formula is C16H20O2. The summed E-state index contributed by atoms with van der Waals surface area (Å²) in [6.45, 7) is 2.20. The molecule has 1 aliphatic rings. The van der Waals surface area contributed by atoms with Gasteiger partial charge in [-0.2, -0.15) is 0 Å². The molecule has 0 amide bonds. The van der Waals surface area contributed by atoms with E-state index in [1.807, 2.05) is 24.3 Å². The van der Waals surface area contributed by atoms with E-state index in [1.54, 1.807) is 0 Å². The van der Waals surface area contributed by atoms with Crippen LogP contribution in [0.3, 0.4) is 0 Å². The van der Waals surface area contributed by atoms with E-state index < -0.39 is 0 Å². The van der Waals surface area contributed by atoms with Gasteiger partial charge in [-0.05, 0) is 49.8 Å². The molecule has 0 aliphatic heterocycles. The Morgan fingerprint density at radius 2 is 2.06 bits per heavy atom. The first kappa shape index (κ1) is 13.0. The Bertz CT molecular complexity index is 434. The van der Waals surface area contributed by atoms with Crippen molar-refractivity contribution < 1.29 is 9.84 Å². The van der Waals surface area contributed by atoms with Gasteiger partial charge < -0.3 is 9.84 Å². The minimum Gasteiger partial charge on any atom is -0.490 e. The summed E-state index contributed by atoms with van der Waals surface area (Å²) in [4.78, 5) is 0. The SMILES string of the molecule is CC1CCC(Oc2cccc(C#CCO)c2)CC1. The van der Waals surface area contributed by atoms with E-state index in [0.29, 0.717) is 6.10 Å². The van der Waals surface area contributed by atoms with Crippen molar-refractivity contribution in [1.29, 1.82) is 0 Å². The van der Waals surface area contributed by atoms with Crippen LogP contribution in [0.4, 0.5) is 0 Å². The quantitative estimate of drug-likeness (QED) is 0.810. The first-order valence-corrected chi connectivity index (χ1v) is 6.64. The Balaban J connectivity index is 1.96. The fraction of sp³-hybridized carbons (Fsp3) is 0.500. The molecule has 2 rings (SSSR count). The standard InChI is InChI=1S/C16H20O2/c1-13-7-9-15(10-8-13)18-16-6-2-4-14(12-16)5-3-11-17/h2,4,6,12-13,15,17H,7-11H2,1H3. The molecule has 0 bridgehead atoms. The first-order chi connectivity index (χ1) is 8.78. The van der Waals surface area contributed by atoms with Crippen molar-refractivity contribution >= 4 is 0 Å². The van der Waals surface area contributed by atoms with Gasteiger partial charge in [-0.3, -0.25) is 0 Å². The van der Waals surface area contributed by atoms with Gasteiger partial charge in [0.05, 0.1) is 6.10 Å². The summed E-state index contributed by atoms with van der Waals surface area (Å²) < 4.78 is 5.99. The zero-order chi connectivity index (χ0) is 12.8. The average Bonchev–Trinajstić information content (AvgIpc) is 2.40. The van der Waals surface area contributed by atoms with Gasteiger partial charge in [0, 0.05) is 5.56 Å². The van der Waals surface area contributed by atoms with Crippen molar-refractivity contribution in [3.05, 3.63) is 29.8 Å². The Morgan fingerprint density at radius 3 is 2.78 bits per heavy atom. The number of aliphatic hydroxyl groups excluding tert-OH is 1. The molecule has 1 aliphatic carbocycles. The van der Waals surface area contributed by atoms with Crippen LogP contribution < -0.4 is 4.74 Å². The zero-order valence-corrected chi connectivity index (χ0v) is 10.9. The Morgan fingerprint density at radius 1 is 1.28 bits per heavy atom. The van der Waals surface area contributed by atoms with Crippen LogP contribution in [-0.2, 0) is 0 Å². The van der Waals surface area contributed by atoms with Crippen molar-refractivity contribution in [2.24, 2.45) is 5.92 Å². The van der Waals surface area contributed by atoms with E-state index in [-0.39, 0.29) is 6.61 Å². The third kappa shape index (κ3) is 3.78. The molecule has 0 aromatic heterocycles. The third-order valence-corrected chi connectivity index (χ3v) is 3.41. The predicted molar refractivity (Wildman–Crippen MR) is 72.5 cm³/mol. The van der Waals surface area contributed by atoms with Crippen molar-refractivity contribution in [2.45, 2.75) is 38.7 Å². The second-order valence-electron chi connectivity index (χ2n) is 4.99. The lowest BCUT2D eigenvalue weighted by Crippen LogP contribution is -2.22. The molecule has 2 nitrogen and oxygen atoms in total. The van der Waals surface area contributed by atoms with E-state index in [2.05, 4.69) is 18.8 Å².